The second-order valence-electron chi connectivity index (χ2n) is 7.02. The highest BCUT2D eigenvalue weighted by atomic mass is 79.9. The number of carbonyl (C=O) groups excluding carboxylic acids is 2. The summed E-state index contributed by atoms with van der Waals surface area (Å²) < 4.78 is 33.7. The zero-order valence-electron chi connectivity index (χ0n) is 17.0. The smallest absolute Gasteiger partial charge is 0.251 e. The molecule has 2 aromatic rings. The van der Waals surface area contributed by atoms with Crippen LogP contribution >= 0.6 is 15.9 Å². The fourth-order valence-electron chi connectivity index (χ4n) is 2.80. The van der Waals surface area contributed by atoms with E-state index in [-0.39, 0.29) is 41.5 Å². The molecule has 0 aromatic heterocycles. The van der Waals surface area contributed by atoms with E-state index in [2.05, 4.69) is 31.3 Å². The number of amides is 2. The quantitative estimate of drug-likeness (QED) is 0.426. The van der Waals surface area contributed by atoms with E-state index in [1.54, 1.807) is 43.3 Å². The molecule has 1 fully saturated rings. The van der Waals surface area contributed by atoms with Gasteiger partial charge in [0.1, 0.15) is 10.6 Å². The minimum absolute atomic E-state index is 0.00225. The highest BCUT2D eigenvalue weighted by molar-refractivity contribution is 9.10. The average Bonchev–Trinajstić information content (AvgIpc) is 3.58. The van der Waals surface area contributed by atoms with Gasteiger partial charge in [0.25, 0.3) is 5.91 Å². The molecule has 0 bridgehead atoms. The number of hydrogen-bond donors (Lipinski definition) is 3. The maximum atomic E-state index is 12.6. The highest BCUT2D eigenvalue weighted by Crippen LogP contribution is 2.30. The highest BCUT2D eigenvalue weighted by Gasteiger charge is 2.29. The lowest BCUT2D eigenvalue weighted by Crippen LogP contribution is -2.34. The van der Waals surface area contributed by atoms with Gasteiger partial charge in [-0.15, -0.1) is 0 Å². The lowest BCUT2D eigenvalue weighted by molar-refractivity contribution is -0.117. The number of hydrogen-bond acceptors (Lipinski definition) is 5. The normalized spacial score (nSPS) is 13.5. The Balaban J connectivity index is 1.50. The van der Waals surface area contributed by atoms with E-state index in [9.17, 15) is 18.0 Å². The summed E-state index contributed by atoms with van der Waals surface area (Å²) in [7, 11) is -3.81. The maximum Gasteiger partial charge on any atom is 0.251 e. The van der Waals surface area contributed by atoms with Crippen molar-refractivity contribution < 1.29 is 22.7 Å². The van der Waals surface area contributed by atoms with Crippen molar-refractivity contribution in [3.05, 3.63) is 52.5 Å². The van der Waals surface area contributed by atoms with Crippen LogP contribution in [0.15, 0.2) is 51.8 Å². The van der Waals surface area contributed by atoms with Crippen molar-refractivity contribution in [1.82, 2.24) is 10.0 Å². The van der Waals surface area contributed by atoms with E-state index in [0.29, 0.717) is 22.3 Å². The Morgan fingerprint density at radius 2 is 1.81 bits per heavy atom. The van der Waals surface area contributed by atoms with Gasteiger partial charge in [0.15, 0.2) is 0 Å². The predicted octanol–water partition coefficient (Wildman–Crippen LogP) is 2.90. The summed E-state index contributed by atoms with van der Waals surface area (Å²) in [4.78, 5) is 24.1. The van der Waals surface area contributed by atoms with Gasteiger partial charge in [-0.25, -0.2) is 13.1 Å². The largest absolute Gasteiger partial charge is 0.492 e. The molecule has 1 saturated carbocycles. The number of nitrogens with one attached hydrogen (secondary N) is 3. The monoisotopic (exact) mass is 509 g/mol. The van der Waals surface area contributed by atoms with Gasteiger partial charge in [0.2, 0.25) is 15.9 Å². The molecule has 0 saturated heterocycles. The Morgan fingerprint density at radius 3 is 2.45 bits per heavy atom. The Morgan fingerprint density at radius 1 is 1.10 bits per heavy atom. The Hall–Kier alpha value is -2.43. The van der Waals surface area contributed by atoms with Gasteiger partial charge < -0.3 is 15.4 Å². The third kappa shape index (κ3) is 6.52. The number of ether oxygens (including phenoxy) is 1. The molecule has 2 amide bonds. The number of rotatable bonds is 10. The van der Waals surface area contributed by atoms with Crippen molar-refractivity contribution in [3.63, 3.8) is 0 Å². The maximum absolute atomic E-state index is 12.6. The van der Waals surface area contributed by atoms with Crippen LogP contribution in [0.3, 0.4) is 0 Å². The van der Waals surface area contributed by atoms with Gasteiger partial charge in [-0.2, -0.15) is 0 Å². The first kappa shape index (κ1) is 23.2. The van der Waals surface area contributed by atoms with Crippen molar-refractivity contribution in [3.8, 4) is 5.75 Å². The van der Waals surface area contributed by atoms with Crippen LogP contribution in [0.25, 0.3) is 0 Å². The lowest BCUT2D eigenvalue weighted by Gasteiger charge is -2.13. The van der Waals surface area contributed by atoms with Crippen LogP contribution in [0, 0.1) is 5.92 Å². The summed E-state index contributed by atoms with van der Waals surface area (Å²) in [6.07, 6.45) is 1.84. The molecule has 0 aliphatic heterocycles. The Labute approximate surface area is 189 Å². The minimum Gasteiger partial charge on any atom is -0.492 e. The van der Waals surface area contributed by atoms with Gasteiger partial charge in [-0.1, -0.05) is 15.9 Å². The van der Waals surface area contributed by atoms with Gasteiger partial charge >= 0.3 is 0 Å². The Kier molecular flexibility index (Phi) is 7.69. The molecule has 2 aromatic carbocycles. The van der Waals surface area contributed by atoms with Crippen molar-refractivity contribution in [2.45, 2.75) is 24.7 Å². The number of sulfonamides is 1. The molecule has 8 nitrogen and oxygen atoms in total. The minimum atomic E-state index is -3.81. The van der Waals surface area contributed by atoms with Crippen LogP contribution in [0.1, 0.15) is 30.1 Å². The molecule has 3 N–H and O–H groups in total. The number of carbonyl (C=O) groups is 2. The zero-order chi connectivity index (χ0) is 22.4. The van der Waals surface area contributed by atoms with Crippen molar-refractivity contribution >= 4 is 43.5 Å². The van der Waals surface area contributed by atoms with Crippen molar-refractivity contribution in [2.75, 3.05) is 25.0 Å². The topological polar surface area (TPSA) is 114 Å². The molecule has 3 rings (SSSR count). The van der Waals surface area contributed by atoms with Crippen LogP contribution in [0.4, 0.5) is 5.69 Å². The summed E-state index contributed by atoms with van der Waals surface area (Å²) in [6.45, 7) is 2.23. The summed E-state index contributed by atoms with van der Waals surface area (Å²) in [6, 6.07) is 11.3. The van der Waals surface area contributed by atoms with Crippen LogP contribution < -0.4 is 20.1 Å². The lowest BCUT2D eigenvalue weighted by atomic mass is 10.2. The first-order chi connectivity index (χ1) is 14.8. The molecule has 0 heterocycles. The van der Waals surface area contributed by atoms with E-state index in [1.807, 2.05) is 0 Å². The molecule has 0 spiro atoms. The average molecular weight is 510 g/mol. The summed E-state index contributed by atoms with van der Waals surface area (Å²) in [5.41, 5.74) is 1.05. The SMILES string of the molecule is CCOc1ccc(Br)cc1S(=O)(=O)NCCNC(=O)c1ccc(NC(=O)C2CC2)cc1. The molecule has 0 atom stereocenters. The zero-order valence-corrected chi connectivity index (χ0v) is 19.4. The first-order valence-electron chi connectivity index (χ1n) is 9.91. The summed E-state index contributed by atoms with van der Waals surface area (Å²) >= 11 is 3.27. The Bertz CT molecular complexity index is 1050. The molecule has 166 valence electrons. The molecule has 1 aliphatic rings. The molecule has 0 radical (unpaired) electrons. The standard InChI is InChI=1S/C21H24BrN3O5S/c1-2-30-18-10-7-16(22)13-19(18)31(28,29)24-12-11-23-20(26)14-5-8-17(9-6-14)25-21(27)15-3-4-15/h5-10,13,15,24H,2-4,11-12H2,1H3,(H,23,26)(H,25,27). The number of halogens is 1. The fourth-order valence-corrected chi connectivity index (χ4v) is 4.52. The number of benzene rings is 2. The van der Waals surface area contributed by atoms with Gasteiger partial charge in [-0.05, 0) is 62.2 Å². The molecular weight excluding hydrogens is 486 g/mol. The van der Waals surface area contributed by atoms with E-state index in [0.717, 1.165) is 12.8 Å². The third-order valence-corrected chi connectivity index (χ3v) is 6.54. The summed E-state index contributed by atoms with van der Waals surface area (Å²) in [5.74, 6) is 0.0311. The van der Waals surface area contributed by atoms with Crippen molar-refractivity contribution in [2.24, 2.45) is 5.92 Å². The van der Waals surface area contributed by atoms with E-state index < -0.39 is 10.0 Å². The first-order valence-corrected chi connectivity index (χ1v) is 12.2. The predicted molar refractivity (Wildman–Crippen MR) is 121 cm³/mol. The molecule has 31 heavy (non-hydrogen) atoms. The van der Waals surface area contributed by atoms with Crippen LogP contribution in [0.5, 0.6) is 5.75 Å². The second-order valence-corrected chi connectivity index (χ2v) is 9.67. The van der Waals surface area contributed by atoms with E-state index in [4.69, 9.17) is 4.74 Å². The summed E-state index contributed by atoms with van der Waals surface area (Å²) in [5, 5.41) is 5.48. The molecular formula is C21H24BrN3O5S. The van der Waals surface area contributed by atoms with Crippen LogP contribution in [0.2, 0.25) is 0 Å². The van der Waals surface area contributed by atoms with Crippen LogP contribution in [-0.4, -0.2) is 39.9 Å². The van der Waals surface area contributed by atoms with Crippen LogP contribution in [-0.2, 0) is 14.8 Å². The van der Waals surface area contributed by atoms with Gasteiger partial charge in [-0.3, -0.25) is 9.59 Å². The molecule has 10 heteroatoms. The van der Waals surface area contributed by atoms with E-state index >= 15 is 0 Å². The molecule has 0 unspecified atom stereocenters. The number of anilines is 1. The van der Waals surface area contributed by atoms with Gasteiger partial charge in [0.05, 0.1) is 6.61 Å². The second kappa shape index (κ2) is 10.3. The van der Waals surface area contributed by atoms with Gasteiger partial charge in [0, 0.05) is 34.7 Å². The van der Waals surface area contributed by atoms with Crippen molar-refractivity contribution in [1.29, 1.82) is 0 Å². The fraction of sp³-hybridized carbons (Fsp3) is 0.333. The van der Waals surface area contributed by atoms with E-state index in [1.165, 1.54) is 6.07 Å². The third-order valence-electron chi connectivity index (χ3n) is 4.56. The molecule has 1 aliphatic carbocycles.